The maximum Gasteiger partial charge on any atom is 0.270 e. The van der Waals surface area contributed by atoms with Crippen molar-refractivity contribution >= 4 is 23.5 Å². The van der Waals surface area contributed by atoms with Gasteiger partial charge in [0.15, 0.2) is 0 Å². The molecule has 0 radical (unpaired) electrons. The minimum atomic E-state index is -0.152. The van der Waals surface area contributed by atoms with Crippen LogP contribution in [0.1, 0.15) is 39.2 Å². The Kier molecular flexibility index (Phi) is 6.94. The summed E-state index contributed by atoms with van der Waals surface area (Å²) in [5, 5.41) is 3.92. The summed E-state index contributed by atoms with van der Waals surface area (Å²) in [6, 6.07) is 13.8. The first kappa shape index (κ1) is 24.9. The lowest BCUT2D eigenvalue weighted by molar-refractivity contribution is 0.0928. The summed E-state index contributed by atoms with van der Waals surface area (Å²) in [4.78, 5) is 28.4. The molecule has 2 aromatic heterocycles. The third-order valence-corrected chi connectivity index (χ3v) is 7.27. The molecular weight excluding hydrogens is 482 g/mol. The van der Waals surface area contributed by atoms with Crippen LogP contribution in [0.15, 0.2) is 61.1 Å². The molecule has 1 atom stereocenters. The lowest BCUT2D eigenvalue weighted by atomic mass is 9.81. The van der Waals surface area contributed by atoms with Crippen molar-refractivity contribution in [3.05, 3.63) is 94.0 Å². The van der Waals surface area contributed by atoms with Gasteiger partial charge in [-0.2, -0.15) is 0 Å². The average Bonchev–Trinajstić information content (AvgIpc) is 2.89. The number of amides is 1. The summed E-state index contributed by atoms with van der Waals surface area (Å²) >= 11 is 6.09. The molecule has 0 saturated heterocycles. The van der Waals surface area contributed by atoms with Gasteiger partial charge >= 0.3 is 0 Å². The van der Waals surface area contributed by atoms with Gasteiger partial charge in [0.1, 0.15) is 5.69 Å². The molecular formula is C30H30ClN5O. The SMILES string of the molecule is Cc1cc(Cl)ccc1-c1ccc(C(=O)N[C@H]2CCc3c(C)ccc(-c4cnc(N(C)C)nc4)c3C2)nc1. The molecule has 1 aliphatic rings. The summed E-state index contributed by atoms with van der Waals surface area (Å²) in [6.45, 7) is 4.17. The fourth-order valence-electron chi connectivity index (χ4n) is 5.04. The van der Waals surface area contributed by atoms with Gasteiger partial charge in [-0.05, 0) is 84.7 Å². The first-order valence-corrected chi connectivity index (χ1v) is 12.8. The van der Waals surface area contributed by atoms with Gasteiger partial charge in [-0.15, -0.1) is 0 Å². The number of carbonyl (C=O) groups excluding carboxylic acids is 1. The van der Waals surface area contributed by atoms with Crippen molar-refractivity contribution in [2.45, 2.75) is 39.2 Å². The molecule has 6 nitrogen and oxygen atoms in total. The van der Waals surface area contributed by atoms with Crippen LogP contribution in [0.3, 0.4) is 0 Å². The van der Waals surface area contributed by atoms with Crippen LogP contribution in [0.4, 0.5) is 5.95 Å². The Balaban J connectivity index is 1.34. The number of hydrogen-bond donors (Lipinski definition) is 1. The molecule has 4 aromatic rings. The minimum Gasteiger partial charge on any atom is -0.348 e. The zero-order chi connectivity index (χ0) is 26.1. The van der Waals surface area contributed by atoms with E-state index in [1.807, 2.05) is 62.6 Å². The first-order chi connectivity index (χ1) is 17.8. The zero-order valence-electron chi connectivity index (χ0n) is 21.5. The predicted octanol–water partition coefficient (Wildman–Crippen LogP) is 5.83. The molecule has 0 unspecified atom stereocenters. The molecule has 0 aliphatic heterocycles. The number of benzene rings is 2. The van der Waals surface area contributed by atoms with Crippen LogP contribution in [0.5, 0.6) is 0 Å². The van der Waals surface area contributed by atoms with Crippen LogP contribution in [-0.4, -0.2) is 41.0 Å². The van der Waals surface area contributed by atoms with Gasteiger partial charge in [-0.25, -0.2) is 9.97 Å². The third-order valence-electron chi connectivity index (χ3n) is 7.04. The standard InChI is InChI=1S/C30H30ClN5O/c1-18-5-9-26(21-16-33-30(34-17-21)36(3)4)27-14-23(8-11-25(18)27)35-29(37)28-12-6-20(15-32-28)24-10-7-22(31)13-19(24)2/h5-7,9-10,12-13,15-17,23H,8,11,14H2,1-4H3,(H,35,37)/t23-/m0/s1. The predicted molar refractivity (Wildman–Crippen MR) is 149 cm³/mol. The first-order valence-electron chi connectivity index (χ1n) is 12.4. The van der Waals surface area contributed by atoms with Crippen molar-refractivity contribution in [2.75, 3.05) is 19.0 Å². The Bertz CT molecular complexity index is 1450. The fourth-order valence-corrected chi connectivity index (χ4v) is 5.27. The summed E-state index contributed by atoms with van der Waals surface area (Å²) in [7, 11) is 3.86. The Morgan fingerprint density at radius 1 is 0.892 bits per heavy atom. The number of nitrogens with zero attached hydrogens (tertiary/aromatic N) is 4. The highest BCUT2D eigenvalue weighted by atomic mass is 35.5. The molecule has 2 aromatic carbocycles. The highest BCUT2D eigenvalue weighted by Crippen LogP contribution is 2.34. The second-order valence-electron chi connectivity index (χ2n) is 9.86. The zero-order valence-corrected chi connectivity index (χ0v) is 22.3. The third kappa shape index (κ3) is 5.20. The molecule has 1 N–H and O–H groups in total. The molecule has 1 aliphatic carbocycles. The highest BCUT2D eigenvalue weighted by Gasteiger charge is 2.25. The number of fused-ring (bicyclic) bond motifs is 1. The summed E-state index contributed by atoms with van der Waals surface area (Å²) in [6.07, 6.45) is 8.07. The van der Waals surface area contributed by atoms with Crippen molar-refractivity contribution in [2.24, 2.45) is 0 Å². The average molecular weight is 512 g/mol. The number of rotatable bonds is 5. The van der Waals surface area contributed by atoms with Gasteiger partial charge in [0, 0.05) is 54.9 Å². The Hall–Kier alpha value is -3.77. The smallest absolute Gasteiger partial charge is 0.270 e. The van der Waals surface area contributed by atoms with E-state index in [1.54, 1.807) is 12.3 Å². The minimum absolute atomic E-state index is 0.0301. The van der Waals surface area contributed by atoms with Crippen LogP contribution in [-0.2, 0) is 12.8 Å². The molecule has 2 heterocycles. The molecule has 5 rings (SSSR count). The van der Waals surface area contributed by atoms with E-state index in [9.17, 15) is 4.79 Å². The van der Waals surface area contributed by atoms with E-state index in [4.69, 9.17) is 11.6 Å². The van der Waals surface area contributed by atoms with Crippen molar-refractivity contribution in [3.8, 4) is 22.3 Å². The number of hydrogen-bond acceptors (Lipinski definition) is 5. The van der Waals surface area contributed by atoms with Crippen LogP contribution >= 0.6 is 11.6 Å². The number of halogens is 1. The molecule has 37 heavy (non-hydrogen) atoms. The number of aryl methyl sites for hydroxylation is 2. The van der Waals surface area contributed by atoms with E-state index in [0.717, 1.165) is 47.1 Å². The molecule has 0 bridgehead atoms. The molecule has 7 heteroatoms. The van der Waals surface area contributed by atoms with E-state index in [1.165, 1.54) is 16.7 Å². The largest absolute Gasteiger partial charge is 0.348 e. The van der Waals surface area contributed by atoms with Gasteiger partial charge in [0.2, 0.25) is 5.95 Å². The normalized spacial score (nSPS) is 14.7. The molecule has 188 valence electrons. The molecule has 0 spiro atoms. The van der Waals surface area contributed by atoms with Crippen LogP contribution in [0.2, 0.25) is 5.02 Å². The summed E-state index contributed by atoms with van der Waals surface area (Å²) in [5.41, 5.74) is 9.52. The lowest BCUT2D eigenvalue weighted by Crippen LogP contribution is -2.39. The Labute approximate surface area is 222 Å². The monoisotopic (exact) mass is 511 g/mol. The van der Waals surface area contributed by atoms with Crippen molar-refractivity contribution in [1.29, 1.82) is 0 Å². The van der Waals surface area contributed by atoms with Crippen molar-refractivity contribution < 1.29 is 4.79 Å². The maximum absolute atomic E-state index is 13.1. The number of anilines is 1. The number of carbonyl (C=O) groups is 1. The van der Waals surface area contributed by atoms with Gasteiger partial charge in [0.05, 0.1) is 0 Å². The van der Waals surface area contributed by atoms with Crippen molar-refractivity contribution in [1.82, 2.24) is 20.3 Å². The van der Waals surface area contributed by atoms with Crippen LogP contribution in [0, 0.1) is 13.8 Å². The Morgan fingerprint density at radius 2 is 1.62 bits per heavy atom. The van der Waals surface area contributed by atoms with Crippen molar-refractivity contribution in [3.63, 3.8) is 0 Å². The Morgan fingerprint density at radius 3 is 2.30 bits per heavy atom. The van der Waals surface area contributed by atoms with E-state index < -0.39 is 0 Å². The van der Waals surface area contributed by atoms with E-state index in [-0.39, 0.29) is 11.9 Å². The van der Waals surface area contributed by atoms with Gasteiger partial charge in [0.25, 0.3) is 5.91 Å². The molecule has 0 saturated carbocycles. The summed E-state index contributed by atoms with van der Waals surface area (Å²) in [5.74, 6) is 0.528. The highest BCUT2D eigenvalue weighted by molar-refractivity contribution is 6.30. The second kappa shape index (κ2) is 10.3. The maximum atomic E-state index is 13.1. The van der Waals surface area contributed by atoms with Gasteiger partial charge in [-0.3, -0.25) is 9.78 Å². The van der Waals surface area contributed by atoms with E-state index >= 15 is 0 Å². The topological polar surface area (TPSA) is 71.0 Å². The molecule has 1 amide bonds. The fraction of sp³-hybridized carbons (Fsp3) is 0.267. The van der Waals surface area contributed by atoms with Crippen LogP contribution in [0.25, 0.3) is 22.3 Å². The van der Waals surface area contributed by atoms with Gasteiger partial charge in [-0.1, -0.05) is 35.9 Å². The lowest BCUT2D eigenvalue weighted by Gasteiger charge is -2.28. The second-order valence-corrected chi connectivity index (χ2v) is 10.3. The molecule has 0 fully saturated rings. The quantitative estimate of drug-likeness (QED) is 0.365. The van der Waals surface area contributed by atoms with E-state index in [0.29, 0.717) is 16.7 Å². The van der Waals surface area contributed by atoms with Crippen LogP contribution < -0.4 is 10.2 Å². The number of pyridine rings is 1. The summed E-state index contributed by atoms with van der Waals surface area (Å²) < 4.78 is 0. The number of nitrogens with one attached hydrogen (secondary N) is 1. The number of aromatic nitrogens is 3. The van der Waals surface area contributed by atoms with E-state index in [2.05, 4.69) is 39.3 Å². The van der Waals surface area contributed by atoms with Gasteiger partial charge < -0.3 is 10.2 Å².